The van der Waals surface area contributed by atoms with Crippen molar-refractivity contribution in [3.05, 3.63) is 81.2 Å². The summed E-state index contributed by atoms with van der Waals surface area (Å²) >= 11 is 6.24. The number of phenols is 2. The highest BCUT2D eigenvalue weighted by atomic mass is 35.5. The molecule has 2 aliphatic rings. The molecule has 10 nitrogen and oxygen atoms in total. The molecule has 6 rings (SSSR count). The monoisotopic (exact) mass is 627 g/mol. The van der Waals surface area contributed by atoms with Crippen molar-refractivity contribution in [1.29, 1.82) is 0 Å². The number of anilines is 1. The van der Waals surface area contributed by atoms with E-state index in [1.54, 1.807) is 26.2 Å². The number of pyridine rings is 1. The highest BCUT2D eigenvalue weighted by Gasteiger charge is 2.56. The lowest BCUT2D eigenvalue weighted by atomic mass is 9.70. The molecule has 0 bridgehead atoms. The van der Waals surface area contributed by atoms with Crippen LogP contribution < -0.4 is 20.1 Å². The number of hydrogen-bond donors (Lipinski definition) is 4. The van der Waals surface area contributed by atoms with Crippen LogP contribution in [-0.4, -0.2) is 52.7 Å². The zero-order valence-corrected chi connectivity index (χ0v) is 26.0. The van der Waals surface area contributed by atoms with Gasteiger partial charge in [-0.05, 0) is 64.1 Å². The summed E-state index contributed by atoms with van der Waals surface area (Å²) in [5, 5.41) is 30.5. The van der Waals surface area contributed by atoms with Crippen molar-refractivity contribution in [2.45, 2.75) is 33.1 Å². The molecule has 1 aliphatic heterocycles. The lowest BCUT2D eigenvalue weighted by molar-refractivity contribution is -0.123. The summed E-state index contributed by atoms with van der Waals surface area (Å²) < 4.78 is 11.3. The van der Waals surface area contributed by atoms with Crippen molar-refractivity contribution in [2.75, 3.05) is 25.5 Å². The molecule has 1 aliphatic carbocycles. The van der Waals surface area contributed by atoms with E-state index >= 15 is 0 Å². The number of ether oxygens (including phenoxy) is 2. The summed E-state index contributed by atoms with van der Waals surface area (Å²) in [6.07, 6.45) is 1.20. The smallest absolute Gasteiger partial charge is 0.194 e. The van der Waals surface area contributed by atoms with Crippen molar-refractivity contribution >= 4 is 56.4 Å². The lowest BCUT2D eigenvalue weighted by Crippen LogP contribution is -2.41. The molecular formula is C34H30ClN3O7. The molecule has 0 amide bonds. The Bertz CT molecular complexity index is 2070. The topological polar surface area (TPSA) is 147 Å². The summed E-state index contributed by atoms with van der Waals surface area (Å²) in [6.45, 7) is 6.61. The molecule has 0 saturated heterocycles. The van der Waals surface area contributed by atoms with Crippen LogP contribution in [0.1, 0.15) is 42.3 Å². The molecule has 3 aromatic carbocycles. The van der Waals surface area contributed by atoms with E-state index in [0.29, 0.717) is 29.6 Å². The molecule has 1 aromatic heterocycles. The summed E-state index contributed by atoms with van der Waals surface area (Å²) in [5.74, 6) is -1.93. The second-order valence-corrected chi connectivity index (χ2v) is 11.7. The van der Waals surface area contributed by atoms with Crippen LogP contribution in [0.3, 0.4) is 0 Å². The van der Waals surface area contributed by atoms with Crippen molar-refractivity contribution in [3.63, 3.8) is 0 Å². The number of aromatic hydroxyl groups is 2. The molecule has 0 spiro atoms. The van der Waals surface area contributed by atoms with E-state index < -0.39 is 28.5 Å². The third-order valence-corrected chi connectivity index (χ3v) is 8.75. The number of carbonyl (C=O) groups is 3. The Kier molecular flexibility index (Phi) is 7.20. The minimum absolute atomic E-state index is 0.0134. The maximum Gasteiger partial charge on any atom is 0.194 e. The van der Waals surface area contributed by atoms with Gasteiger partial charge in [-0.1, -0.05) is 11.6 Å². The largest absolute Gasteiger partial charge is 0.507 e. The number of hydrogen-bond acceptors (Lipinski definition) is 10. The van der Waals surface area contributed by atoms with Crippen molar-refractivity contribution in [3.8, 4) is 23.0 Å². The number of benzene rings is 3. The Morgan fingerprint density at radius 2 is 1.80 bits per heavy atom. The average Bonchev–Trinajstić information content (AvgIpc) is 3.29. The maximum absolute atomic E-state index is 14.1. The van der Waals surface area contributed by atoms with E-state index in [9.17, 15) is 24.6 Å². The van der Waals surface area contributed by atoms with Gasteiger partial charge in [-0.2, -0.15) is 0 Å². The third-order valence-electron chi connectivity index (χ3n) is 8.52. The number of methoxy groups -OCH3 is 1. The number of nitrogens with zero attached hydrogens (tertiary/aromatic N) is 1. The van der Waals surface area contributed by atoms with Crippen LogP contribution in [0, 0.1) is 6.92 Å². The number of rotatable bonds is 7. The van der Waals surface area contributed by atoms with Gasteiger partial charge in [0.15, 0.2) is 17.3 Å². The maximum atomic E-state index is 14.1. The van der Waals surface area contributed by atoms with Crippen molar-refractivity contribution < 1.29 is 34.1 Å². The van der Waals surface area contributed by atoms with E-state index in [4.69, 9.17) is 26.1 Å². The van der Waals surface area contributed by atoms with Crippen LogP contribution in [0.4, 0.5) is 5.69 Å². The van der Waals surface area contributed by atoms with Crippen LogP contribution in [-0.2, 0) is 15.0 Å². The van der Waals surface area contributed by atoms with Gasteiger partial charge in [0.05, 0.1) is 35.0 Å². The SMILES string of the molecule is COc1ccc2nc3cc(Cl)ccc3c(NCCN/C(C)=C3\C(=O)C=C4Oc5c(C(C)=O)c(O)c(C)c(O)c5[C@@]4(C)C3=O)c2c1. The fourth-order valence-electron chi connectivity index (χ4n) is 6.10. The first kappa shape index (κ1) is 30.0. The zero-order chi connectivity index (χ0) is 32.4. The normalized spacial score (nSPS) is 18.3. The van der Waals surface area contributed by atoms with Gasteiger partial charge >= 0.3 is 0 Å². The number of ketones is 3. The fraction of sp³-hybridized carbons (Fsp3) is 0.235. The van der Waals surface area contributed by atoms with Gasteiger partial charge in [-0.3, -0.25) is 14.4 Å². The molecule has 4 N–H and O–H groups in total. The second-order valence-electron chi connectivity index (χ2n) is 11.3. The Morgan fingerprint density at radius 3 is 2.51 bits per heavy atom. The van der Waals surface area contributed by atoms with Crippen LogP contribution in [0.15, 0.2) is 59.5 Å². The van der Waals surface area contributed by atoms with Crippen LogP contribution in [0.2, 0.25) is 5.02 Å². The molecular weight excluding hydrogens is 598 g/mol. The van der Waals surface area contributed by atoms with Gasteiger partial charge in [0.2, 0.25) is 0 Å². The number of fused-ring (bicyclic) bond motifs is 5. The highest BCUT2D eigenvalue weighted by molar-refractivity contribution is 6.32. The van der Waals surface area contributed by atoms with E-state index in [0.717, 1.165) is 27.5 Å². The number of halogens is 1. The molecule has 2 heterocycles. The molecule has 0 unspecified atom stereocenters. The second kappa shape index (κ2) is 10.8. The predicted molar refractivity (Wildman–Crippen MR) is 171 cm³/mol. The standard InChI is InChI=1S/C34H30ClN3O7/c1-15-30(41)27(17(3)39)32-28(31(15)42)34(4)25(45-32)14-24(40)26(33(34)43)16(2)36-10-11-37-29-20-8-6-18(35)12-23(20)38-22-9-7-19(44-5)13-21(22)29/h6-9,12-14,36,41-42H,10-11H2,1-5H3,(H,37,38)/b26-16+/t34-/m0/s1. The van der Waals surface area contributed by atoms with E-state index in [1.807, 2.05) is 24.3 Å². The number of phenolic OH excluding ortho intramolecular Hbond substituents is 2. The van der Waals surface area contributed by atoms with Gasteiger partial charge in [0.25, 0.3) is 0 Å². The Balaban J connectivity index is 1.30. The molecule has 1 atom stereocenters. The molecule has 230 valence electrons. The molecule has 11 heteroatoms. The summed E-state index contributed by atoms with van der Waals surface area (Å²) in [6, 6.07) is 11.1. The summed E-state index contributed by atoms with van der Waals surface area (Å²) in [5.41, 5.74) is 0.916. The van der Waals surface area contributed by atoms with Crippen LogP contribution in [0.5, 0.6) is 23.0 Å². The number of Topliss-reactive ketones (excluding diaryl/α,β-unsaturated/α-hetero) is 2. The lowest BCUT2D eigenvalue weighted by Gasteiger charge is -2.29. The summed E-state index contributed by atoms with van der Waals surface area (Å²) in [7, 11) is 1.60. The minimum atomic E-state index is -1.58. The van der Waals surface area contributed by atoms with Crippen LogP contribution >= 0.6 is 11.6 Å². The fourth-order valence-corrected chi connectivity index (χ4v) is 6.27. The summed E-state index contributed by atoms with van der Waals surface area (Å²) in [4.78, 5) is 44.5. The number of carbonyl (C=O) groups excluding carboxylic acids is 3. The van der Waals surface area contributed by atoms with Crippen molar-refractivity contribution in [2.24, 2.45) is 0 Å². The number of nitrogens with one attached hydrogen (secondary N) is 2. The predicted octanol–water partition coefficient (Wildman–Crippen LogP) is 5.63. The van der Waals surface area contributed by atoms with Gasteiger partial charge in [0, 0.05) is 46.2 Å². The molecule has 45 heavy (non-hydrogen) atoms. The van der Waals surface area contributed by atoms with Crippen LogP contribution in [0.25, 0.3) is 21.8 Å². The Labute approximate surface area is 263 Å². The number of aromatic nitrogens is 1. The number of allylic oxidation sites excluding steroid dienone is 4. The average molecular weight is 628 g/mol. The minimum Gasteiger partial charge on any atom is -0.507 e. The van der Waals surface area contributed by atoms with Gasteiger partial charge in [-0.15, -0.1) is 0 Å². The highest BCUT2D eigenvalue weighted by Crippen LogP contribution is 2.57. The third kappa shape index (κ3) is 4.55. The Hall–Kier alpha value is -5.09. The van der Waals surface area contributed by atoms with Gasteiger partial charge in [-0.25, -0.2) is 4.98 Å². The molecule has 4 aromatic rings. The molecule has 0 saturated carbocycles. The van der Waals surface area contributed by atoms with E-state index in [2.05, 4.69) is 10.6 Å². The molecule has 0 radical (unpaired) electrons. The van der Waals surface area contributed by atoms with E-state index in [1.165, 1.54) is 26.8 Å². The van der Waals surface area contributed by atoms with Gasteiger partial charge in [0.1, 0.15) is 39.7 Å². The van der Waals surface area contributed by atoms with Gasteiger partial charge < -0.3 is 30.3 Å². The first-order valence-corrected chi connectivity index (χ1v) is 14.6. The zero-order valence-electron chi connectivity index (χ0n) is 25.2. The quantitative estimate of drug-likeness (QED) is 0.0668. The van der Waals surface area contributed by atoms with E-state index in [-0.39, 0.29) is 39.5 Å². The van der Waals surface area contributed by atoms with Crippen molar-refractivity contribution in [1.82, 2.24) is 10.3 Å². The first-order valence-electron chi connectivity index (χ1n) is 14.2. The first-order chi connectivity index (χ1) is 21.4. The Morgan fingerprint density at radius 1 is 1.04 bits per heavy atom. The molecule has 0 fully saturated rings.